The van der Waals surface area contributed by atoms with Gasteiger partial charge in [-0.05, 0) is 44.1 Å². The van der Waals surface area contributed by atoms with Crippen LogP contribution < -0.4 is 9.80 Å². The number of hydrogen-bond donors (Lipinski definition) is 2. The van der Waals surface area contributed by atoms with Crippen molar-refractivity contribution >= 4 is 12.2 Å². The standard InChI is InChI=1S/C23H28N6S/c1-18-4-2-5-19(14-18)16-26-10-12-27(13-11-26)17-28-23(30)29(21-7-8-21)22(25-28)20-6-3-9-24-15-20/h2-6,9,14-15,21H,7-8,10-13,16-17H2,1H3/p+2. The quantitative estimate of drug-likeness (QED) is 0.584. The van der Waals surface area contributed by atoms with Gasteiger partial charge < -0.3 is 9.80 Å². The molecule has 2 N–H and O–H groups in total. The van der Waals surface area contributed by atoms with Crippen LogP contribution in [0.1, 0.15) is 30.0 Å². The van der Waals surface area contributed by atoms with Crippen LogP contribution in [0.4, 0.5) is 0 Å². The fraction of sp³-hybridized carbons (Fsp3) is 0.435. The summed E-state index contributed by atoms with van der Waals surface area (Å²) in [6.45, 7) is 8.83. The molecule has 3 aromatic rings. The Morgan fingerprint density at radius 3 is 2.57 bits per heavy atom. The van der Waals surface area contributed by atoms with Gasteiger partial charge in [0.2, 0.25) is 4.77 Å². The third-order valence-electron chi connectivity index (χ3n) is 6.28. The van der Waals surface area contributed by atoms with Gasteiger partial charge in [-0.2, -0.15) is 4.68 Å². The van der Waals surface area contributed by atoms with Gasteiger partial charge in [-0.3, -0.25) is 9.55 Å². The minimum Gasteiger partial charge on any atom is -0.322 e. The molecule has 6 nitrogen and oxygen atoms in total. The maximum absolute atomic E-state index is 5.84. The number of piperazine rings is 1. The van der Waals surface area contributed by atoms with Crippen LogP contribution in [0.2, 0.25) is 0 Å². The largest absolute Gasteiger partial charge is 0.322 e. The molecule has 0 bridgehead atoms. The Labute approximate surface area is 182 Å². The summed E-state index contributed by atoms with van der Waals surface area (Å²) in [5.41, 5.74) is 3.85. The van der Waals surface area contributed by atoms with Crippen LogP contribution in [-0.4, -0.2) is 45.5 Å². The highest BCUT2D eigenvalue weighted by molar-refractivity contribution is 7.71. The van der Waals surface area contributed by atoms with Crippen LogP contribution in [0.25, 0.3) is 11.4 Å². The molecule has 7 heteroatoms. The predicted molar refractivity (Wildman–Crippen MR) is 119 cm³/mol. The molecule has 2 fully saturated rings. The first-order valence-corrected chi connectivity index (χ1v) is 11.4. The van der Waals surface area contributed by atoms with E-state index < -0.39 is 0 Å². The van der Waals surface area contributed by atoms with E-state index in [1.807, 2.05) is 12.3 Å². The van der Waals surface area contributed by atoms with Crippen molar-refractivity contribution < 1.29 is 9.80 Å². The van der Waals surface area contributed by atoms with Gasteiger partial charge in [-0.15, -0.1) is 5.10 Å². The highest BCUT2D eigenvalue weighted by Crippen LogP contribution is 2.38. The van der Waals surface area contributed by atoms with E-state index in [0.717, 1.165) is 42.5 Å². The van der Waals surface area contributed by atoms with Gasteiger partial charge >= 0.3 is 0 Å². The Morgan fingerprint density at radius 2 is 1.87 bits per heavy atom. The zero-order valence-electron chi connectivity index (χ0n) is 17.6. The predicted octanol–water partition coefficient (Wildman–Crippen LogP) is 1.06. The number of aryl methyl sites for hydroxylation is 1. The van der Waals surface area contributed by atoms with Crippen LogP contribution in [0.3, 0.4) is 0 Å². The zero-order chi connectivity index (χ0) is 20.5. The summed E-state index contributed by atoms with van der Waals surface area (Å²) in [4.78, 5) is 7.52. The van der Waals surface area contributed by atoms with Crippen molar-refractivity contribution in [2.45, 2.75) is 39.0 Å². The molecule has 0 unspecified atom stereocenters. The number of quaternary nitrogens is 2. The third kappa shape index (κ3) is 4.24. The van der Waals surface area contributed by atoms with Crippen molar-refractivity contribution in [2.24, 2.45) is 0 Å². The van der Waals surface area contributed by atoms with E-state index in [4.69, 9.17) is 17.3 Å². The van der Waals surface area contributed by atoms with E-state index >= 15 is 0 Å². The minimum atomic E-state index is 0.507. The Kier molecular flexibility index (Phi) is 5.50. The van der Waals surface area contributed by atoms with E-state index in [1.54, 1.807) is 16.0 Å². The van der Waals surface area contributed by atoms with Crippen LogP contribution in [-0.2, 0) is 13.2 Å². The van der Waals surface area contributed by atoms with E-state index in [2.05, 4.69) is 51.5 Å². The van der Waals surface area contributed by atoms with Gasteiger partial charge in [-0.25, -0.2) is 0 Å². The first-order chi connectivity index (χ1) is 14.7. The van der Waals surface area contributed by atoms with Gasteiger partial charge in [-0.1, -0.05) is 29.8 Å². The number of rotatable bonds is 6. The van der Waals surface area contributed by atoms with Crippen LogP contribution in [0.5, 0.6) is 0 Å². The first-order valence-electron chi connectivity index (χ1n) is 11.0. The molecule has 1 aliphatic carbocycles. The third-order valence-corrected chi connectivity index (χ3v) is 6.68. The summed E-state index contributed by atoms with van der Waals surface area (Å²) in [5.74, 6) is 0.971. The summed E-state index contributed by atoms with van der Waals surface area (Å²) in [6.07, 6.45) is 6.09. The molecular formula is C23H30N6S+2. The SMILES string of the molecule is Cc1cccc(C[NH+]2CC[NH+](Cn3nc(-c4cccnc4)n(C4CC4)c3=S)CC2)c1. The number of nitrogens with one attached hydrogen (secondary N) is 2. The second-order valence-corrected chi connectivity index (χ2v) is 9.14. The zero-order valence-corrected chi connectivity index (χ0v) is 18.4. The lowest BCUT2D eigenvalue weighted by atomic mass is 10.1. The fourth-order valence-corrected chi connectivity index (χ4v) is 4.83. The number of pyridine rings is 1. The van der Waals surface area contributed by atoms with Gasteiger partial charge in [0.05, 0.1) is 0 Å². The molecule has 1 aromatic carbocycles. The van der Waals surface area contributed by atoms with E-state index in [9.17, 15) is 0 Å². The summed E-state index contributed by atoms with van der Waals surface area (Å²) in [5, 5.41) is 4.94. The number of nitrogens with zero attached hydrogens (tertiary/aromatic N) is 4. The van der Waals surface area contributed by atoms with Gasteiger partial charge in [0.15, 0.2) is 12.5 Å². The van der Waals surface area contributed by atoms with E-state index in [0.29, 0.717) is 6.04 Å². The van der Waals surface area contributed by atoms with E-state index in [-0.39, 0.29) is 0 Å². The minimum absolute atomic E-state index is 0.507. The topological polar surface area (TPSA) is 44.5 Å². The van der Waals surface area contributed by atoms with Crippen LogP contribution in [0.15, 0.2) is 48.8 Å². The lowest BCUT2D eigenvalue weighted by Gasteiger charge is -2.29. The lowest BCUT2D eigenvalue weighted by molar-refractivity contribution is -1.03. The number of hydrogen-bond acceptors (Lipinski definition) is 3. The van der Waals surface area contributed by atoms with Gasteiger partial charge in [0, 0.05) is 29.6 Å². The average Bonchev–Trinajstić information content (AvgIpc) is 3.54. The second kappa shape index (κ2) is 8.41. The summed E-state index contributed by atoms with van der Waals surface area (Å²) in [6, 6.07) is 13.5. The van der Waals surface area contributed by atoms with Crippen molar-refractivity contribution in [1.82, 2.24) is 19.3 Å². The molecule has 3 heterocycles. The number of aromatic nitrogens is 4. The molecule has 156 valence electrons. The summed E-state index contributed by atoms with van der Waals surface area (Å²) >= 11 is 5.84. The van der Waals surface area contributed by atoms with E-state index in [1.165, 1.54) is 37.1 Å². The Morgan fingerprint density at radius 1 is 1.07 bits per heavy atom. The van der Waals surface area contributed by atoms with Crippen molar-refractivity contribution in [3.63, 3.8) is 0 Å². The van der Waals surface area contributed by atoms with Gasteiger partial charge in [0.25, 0.3) is 0 Å². The molecular weight excluding hydrogens is 392 g/mol. The maximum atomic E-state index is 5.84. The smallest absolute Gasteiger partial charge is 0.203 e. The normalized spacial score (nSPS) is 21.6. The Hall–Kier alpha value is -2.35. The molecule has 5 rings (SSSR count). The molecule has 2 aromatic heterocycles. The Balaban J connectivity index is 1.26. The summed E-state index contributed by atoms with van der Waals surface area (Å²) < 4.78 is 5.17. The van der Waals surface area contributed by atoms with Crippen molar-refractivity contribution in [3.05, 3.63) is 64.7 Å². The summed E-state index contributed by atoms with van der Waals surface area (Å²) in [7, 11) is 0. The monoisotopic (exact) mass is 422 g/mol. The maximum Gasteiger partial charge on any atom is 0.203 e. The van der Waals surface area contributed by atoms with Crippen LogP contribution >= 0.6 is 12.2 Å². The fourth-order valence-electron chi connectivity index (χ4n) is 4.49. The van der Waals surface area contributed by atoms with Gasteiger partial charge in [0.1, 0.15) is 32.7 Å². The highest BCUT2D eigenvalue weighted by atomic mass is 32.1. The lowest BCUT2D eigenvalue weighted by Crippen LogP contribution is -3.27. The molecule has 1 aliphatic heterocycles. The second-order valence-electron chi connectivity index (χ2n) is 8.77. The van der Waals surface area contributed by atoms with Crippen molar-refractivity contribution in [3.8, 4) is 11.4 Å². The molecule has 0 atom stereocenters. The first kappa shape index (κ1) is 19.6. The molecule has 0 spiro atoms. The molecule has 0 amide bonds. The highest BCUT2D eigenvalue weighted by Gasteiger charge is 2.30. The molecule has 30 heavy (non-hydrogen) atoms. The molecule has 1 saturated heterocycles. The Bertz CT molecular complexity index is 1060. The van der Waals surface area contributed by atoms with Crippen LogP contribution in [0, 0.1) is 11.7 Å². The van der Waals surface area contributed by atoms with Crippen molar-refractivity contribution in [2.75, 3.05) is 26.2 Å². The number of benzene rings is 1. The van der Waals surface area contributed by atoms with Crippen molar-refractivity contribution in [1.29, 1.82) is 0 Å². The molecule has 2 aliphatic rings. The molecule has 1 saturated carbocycles. The average molecular weight is 423 g/mol. The molecule has 0 radical (unpaired) electrons.